The fourth-order valence-electron chi connectivity index (χ4n) is 4.78. The molecule has 2 saturated carbocycles. The first-order valence-corrected chi connectivity index (χ1v) is 11.3. The van der Waals surface area contributed by atoms with Gasteiger partial charge in [0.2, 0.25) is 0 Å². The number of rotatable bonds is 7. The normalized spacial score (nSPS) is 21.9. The van der Waals surface area contributed by atoms with Crippen molar-refractivity contribution in [2.45, 2.75) is 64.5 Å². The monoisotopic (exact) mass is 455 g/mol. The molecule has 0 aliphatic heterocycles. The largest absolute Gasteiger partial charge is 0.393 e. The molecule has 7 nitrogen and oxygen atoms in total. The van der Waals surface area contributed by atoms with Gasteiger partial charge in [-0.25, -0.2) is 4.39 Å². The number of ketones is 1. The summed E-state index contributed by atoms with van der Waals surface area (Å²) in [7, 11) is 1.71. The lowest BCUT2D eigenvalue weighted by molar-refractivity contribution is -0.121. The van der Waals surface area contributed by atoms with Gasteiger partial charge >= 0.3 is 0 Å². The number of benzene rings is 1. The van der Waals surface area contributed by atoms with Crippen molar-refractivity contribution in [1.82, 2.24) is 9.88 Å². The molecular formula is C25H30FN3O4. The van der Waals surface area contributed by atoms with Gasteiger partial charge in [-0.1, -0.05) is 0 Å². The van der Waals surface area contributed by atoms with Crippen LogP contribution in [-0.2, 0) is 18.3 Å². The number of Topliss-reactive ketones (excluding diaryl/α,β-unsaturated/α-hetero) is 1. The van der Waals surface area contributed by atoms with E-state index >= 15 is 0 Å². The maximum Gasteiger partial charge on any atom is 0.294 e. The second-order valence-electron chi connectivity index (χ2n) is 9.83. The van der Waals surface area contributed by atoms with Crippen molar-refractivity contribution in [3.05, 3.63) is 52.1 Å². The van der Waals surface area contributed by atoms with E-state index in [1.54, 1.807) is 38.5 Å². The molecule has 2 aliphatic carbocycles. The number of aliphatic hydroxyl groups excluding tert-OH is 1. The van der Waals surface area contributed by atoms with Crippen LogP contribution in [0.4, 0.5) is 10.1 Å². The van der Waals surface area contributed by atoms with Crippen LogP contribution in [0.3, 0.4) is 0 Å². The molecule has 1 aromatic carbocycles. The van der Waals surface area contributed by atoms with Crippen molar-refractivity contribution >= 4 is 23.3 Å². The van der Waals surface area contributed by atoms with Crippen LogP contribution < -0.4 is 10.6 Å². The van der Waals surface area contributed by atoms with Gasteiger partial charge in [-0.05, 0) is 88.1 Å². The molecule has 1 aromatic heterocycles. The molecule has 0 spiro atoms. The molecule has 2 aromatic rings. The zero-order chi connectivity index (χ0) is 24.1. The second-order valence-corrected chi connectivity index (χ2v) is 9.83. The summed E-state index contributed by atoms with van der Waals surface area (Å²) < 4.78 is 15.3. The number of amides is 2. The molecular weight excluding hydrogens is 425 g/mol. The first-order valence-electron chi connectivity index (χ1n) is 11.3. The minimum atomic E-state index is -0.743. The Hall–Kier alpha value is -3.00. The van der Waals surface area contributed by atoms with Crippen LogP contribution in [0.1, 0.15) is 70.3 Å². The maximum atomic E-state index is 13.6. The highest BCUT2D eigenvalue weighted by Crippen LogP contribution is 2.36. The summed E-state index contributed by atoms with van der Waals surface area (Å²) in [6, 6.07) is 4.34. The molecule has 1 heterocycles. The lowest BCUT2D eigenvalue weighted by atomic mass is 9.76. The molecule has 0 atom stereocenters. The summed E-state index contributed by atoms with van der Waals surface area (Å²) >= 11 is 0. The molecule has 3 N–H and O–H groups in total. The smallest absolute Gasteiger partial charge is 0.294 e. The van der Waals surface area contributed by atoms with Crippen LogP contribution in [0.25, 0.3) is 0 Å². The number of anilines is 1. The van der Waals surface area contributed by atoms with E-state index < -0.39 is 29.2 Å². The number of nitrogens with one attached hydrogen (secondary N) is 2. The molecule has 0 saturated heterocycles. The lowest BCUT2D eigenvalue weighted by Gasteiger charge is -2.42. The van der Waals surface area contributed by atoms with Gasteiger partial charge in [0, 0.05) is 24.0 Å². The van der Waals surface area contributed by atoms with E-state index in [-0.39, 0.29) is 11.5 Å². The van der Waals surface area contributed by atoms with Gasteiger partial charge in [0.25, 0.3) is 17.6 Å². The molecule has 176 valence electrons. The number of halogens is 1. The highest BCUT2D eigenvalue weighted by Gasteiger charge is 2.42. The average molecular weight is 456 g/mol. The fraction of sp³-hybridized carbons (Fsp3) is 0.480. The molecule has 0 unspecified atom stereocenters. The Morgan fingerprint density at radius 3 is 2.45 bits per heavy atom. The summed E-state index contributed by atoms with van der Waals surface area (Å²) in [6.07, 6.45) is 3.09. The SMILES string of the molecule is Cc1cc(NC(=O)c2c(C)c(C(=O)C(=O)N[C@]3(C)C[C@H](O)C3)n(C)c2CC2CC2)ccc1F. The lowest BCUT2D eigenvalue weighted by Crippen LogP contribution is -2.58. The van der Waals surface area contributed by atoms with Gasteiger partial charge in [-0.15, -0.1) is 0 Å². The summed E-state index contributed by atoms with van der Waals surface area (Å²) in [6.45, 7) is 5.09. The van der Waals surface area contributed by atoms with E-state index in [4.69, 9.17) is 0 Å². The Bertz CT molecular complexity index is 1140. The van der Waals surface area contributed by atoms with Gasteiger partial charge in [-0.2, -0.15) is 0 Å². The van der Waals surface area contributed by atoms with Gasteiger partial charge in [0.1, 0.15) is 5.82 Å². The molecule has 2 amide bonds. The number of carbonyl (C=O) groups excluding carboxylic acids is 3. The van der Waals surface area contributed by atoms with Crippen molar-refractivity contribution in [1.29, 1.82) is 0 Å². The average Bonchev–Trinajstić information content (AvgIpc) is 3.49. The van der Waals surface area contributed by atoms with E-state index in [0.717, 1.165) is 12.8 Å². The molecule has 33 heavy (non-hydrogen) atoms. The Morgan fingerprint density at radius 2 is 1.88 bits per heavy atom. The molecule has 4 rings (SSSR count). The molecule has 2 fully saturated rings. The number of carbonyl (C=O) groups is 3. The van der Waals surface area contributed by atoms with Crippen LogP contribution in [-0.4, -0.2) is 38.9 Å². The standard InChI is InChI=1S/C25H30FN3O4/c1-13-9-16(7-8-18(13)26)27-23(32)20-14(2)21(29(4)19(20)10-15-5-6-15)22(31)24(33)28-25(3)11-17(30)12-25/h7-9,15,17,30H,5-6,10-12H2,1-4H3,(H,27,32)(H,28,33)/t17-,25+. The summed E-state index contributed by atoms with van der Waals surface area (Å²) in [5.41, 5.74) is 2.00. The van der Waals surface area contributed by atoms with E-state index in [1.165, 1.54) is 12.1 Å². The van der Waals surface area contributed by atoms with E-state index in [1.807, 2.05) is 0 Å². The highest BCUT2D eigenvalue weighted by atomic mass is 19.1. The highest BCUT2D eigenvalue weighted by molar-refractivity contribution is 6.43. The van der Waals surface area contributed by atoms with Crippen molar-refractivity contribution < 1.29 is 23.9 Å². The Morgan fingerprint density at radius 1 is 1.21 bits per heavy atom. The first kappa shape index (κ1) is 23.2. The predicted molar refractivity (Wildman–Crippen MR) is 122 cm³/mol. The van der Waals surface area contributed by atoms with Crippen LogP contribution in [0.5, 0.6) is 0 Å². The number of aromatic nitrogens is 1. The molecule has 2 aliphatic rings. The number of hydrogen-bond donors (Lipinski definition) is 3. The summed E-state index contributed by atoms with van der Waals surface area (Å²) in [4.78, 5) is 39.2. The van der Waals surface area contributed by atoms with Crippen molar-refractivity contribution in [2.24, 2.45) is 13.0 Å². The third-order valence-corrected chi connectivity index (χ3v) is 6.79. The predicted octanol–water partition coefficient (Wildman–Crippen LogP) is 3.20. The third-order valence-electron chi connectivity index (χ3n) is 6.79. The number of aliphatic hydroxyl groups is 1. The maximum absolute atomic E-state index is 13.6. The van der Waals surface area contributed by atoms with Gasteiger partial charge in [0.05, 0.1) is 17.4 Å². The summed E-state index contributed by atoms with van der Waals surface area (Å²) in [5.74, 6) is -1.74. The Labute approximate surface area is 192 Å². The van der Waals surface area contributed by atoms with E-state index in [9.17, 15) is 23.9 Å². The van der Waals surface area contributed by atoms with Gasteiger partial charge in [-0.3, -0.25) is 14.4 Å². The van der Waals surface area contributed by atoms with Crippen LogP contribution in [0.15, 0.2) is 18.2 Å². The molecule has 0 bridgehead atoms. The van der Waals surface area contributed by atoms with Gasteiger partial charge in [0.15, 0.2) is 0 Å². The van der Waals surface area contributed by atoms with E-state index in [0.29, 0.717) is 53.3 Å². The fourth-order valence-corrected chi connectivity index (χ4v) is 4.78. The Balaban J connectivity index is 1.64. The number of hydrogen-bond acceptors (Lipinski definition) is 4. The van der Waals surface area contributed by atoms with E-state index in [2.05, 4.69) is 10.6 Å². The Kier molecular flexibility index (Phi) is 5.90. The number of nitrogens with zero attached hydrogens (tertiary/aromatic N) is 1. The van der Waals surface area contributed by atoms with Gasteiger partial charge < -0.3 is 20.3 Å². The van der Waals surface area contributed by atoms with Crippen molar-refractivity contribution in [2.75, 3.05) is 5.32 Å². The van der Waals surface area contributed by atoms with Crippen LogP contribution >= 0.6 is 0 Å². The first-order chi connectivity index (χ1) is 15.5. The summed E-state index contributed by atoms with van der Waals surface area (Å²) in [5, 5.41) is 15.1. The quantitative estimate of drug-likeness (QED) is 0.441. The van der Waals surface area contributed by atoms with Crippen molar-refractivity contribution in [3.8, 4) is 0 Å². The zero-order valence-electron chi connectivity index (χ0n) is 19.4. The zero-order valence-corrected chi connectivity index (χ0v) is 19.4. The molecule has 8 heteroatoms. The third kappa shape index (κ3) is 4.57. The van der Waals surface area contributed by atoms with Crippen LogP contribution in [0, 0.1) is 25.6 Å². The minimum absolute atomic E-state index is 0.187. The minimum Gasteiger partial charge on any atom is -0.393 e. The second kappa shape index (κ2) is 8.41. The van der Waals surface area contributed by atoms with Crippen LogP contribution in [0.2, 0.25) is 0 Å². The molecule has 0 radical (unpaired) electrons. The topological polar surface area (TPSA) is 100 Å². The van der Waals surface area contributed by atoms with Crippen molar-refractivity contribution in [3.63, 3.8) is 0 Å². The number of aryl methyl sites for hydroxylation is 1.